The van der Waals surface area contributed by atoms with E-state index >= 15 is 0 Å². The van der Waals surface area contributed by atoms with Gasteiger partial charge in [-0.1, -0.05) is 36.5 Å². The van der Waals surface area contributed by atoms with Gasteiger partial charge in [0.25, 0.3) is 0 Å². The van der Waals surface area contributed by atoms with Crippen molar-refractivity contribution in [3.63, 3.8) is 0 Å². The second kappa shape index (κ2) is 8.22. The lowest BCUT2D eigenvalue weighted by Gasteiger charge is -2.03. The molecule has 0 spiro atoms. The molecule has 0 atom stereocenters. The van der Waals surface area contributed by atoms with Gasteiger partial charge in [0.05, 0.1) is 0 Å². The Balaban J connectivity index is 1.57. The number of aromatic nitrogens is 3. The number of hydrogen-bond acceptors (Lipinski definition) is 8. The van der Waals surface area contributed by atoms with Gasteiger partial charge >= 0.3 is 0 Å². The quantitative estimate of drug-likeness (QED) is 0.658. The van der Waals surface area contributed by atoms with Crippen LogP contribution in [0.3, 0.4) is 0 Å². The van der Waals surface area contributed by atoms with E-state index in [4.69, 9.17) is 4.42 Å². The molecule has 0 aliphatic rings. The van der Waals surface area contributed by atoms with Gasteiger partial charge in [0.2, 0.25) is 28.5 Å². The SMILES string of the molecule is CCc1nnc(NC(=O)CCNc2oc(-c3ccccc3)nc2C#N)s1. The van der Waals surface area contributed by atoms with E-state index in [-0.39, 0.29) is 23.9 Å². The van der Waals surface area contributed by atoms with Crippen LogP contribution in [0.25, 0.3) is 11.5 Å². The van der Waals surface area contributed by atoms with Crippen molar-refractivity contribution in [2.75, 3.05) is 17.2 Å². The van der Waals surface area contributed by atoms with E-state index in [0.717, 1.165) is 17.0 Å². The maximum Gasteiger partial charge on any atom is 0.232 e. The molecule has 132 valence electrons. The van der Waals surface area contributed by atoms with E-state index < -0.39 is 0 Å². The van der Waals surface area contributed by atoms with Crippen LogP contribution >= 0.6 is 11.3 Å². The van der Waals surface area contributed by atoms with E-state index in [9.17, 15) is 10.1 Å². The minimum Gasteiger partial charge on any atom is -0.419 e. The van der Waals surface area contributed by atoms with Crippen LogP contribution in [0, 0.1) is 11.3 Å². The lowest BCUT2D eigenvalue weighted by molar-refractivity contribution is -0.115. The zero-order valence-electron chi connectivity index (χ0n) is 14.0. The molecule has 0 unspecified atom stereocenters. The van der Waals surface area contributed by atoms with E-state index in [1.807, 2.05) is 43.3 Å². The van der Waals surface area contributed by atoms with E-state index in [1.54, 1.807) is 0 Å². The van der Waals surface area contributed by atoms with Gasteiger partial charge in [-0.3, -0.25) is 4.79 Å². The minimum atomic E-state index is -0.197. The molecule has 8 nitrogen and oxygen atoms in total. The Bertz CT molecular complexity index is 928. The highest BCUT2D eigenvalue weighted by Crippen LogP contribution is 2.25. The van der Waals surface area contributed by atoms with Crippen molar-refractivity contribution in [2.24, 2.45) is 0 Å². The van der Waals surface area contributed by atoms with Gasteiger partial charge in [-0.2, -0.15) is 10.2 Å². The van der Waals surface area contributed by atoms with Crippen molar-refractivity contribution in [1.82, 2.24) is 15.2 Å². The number of benzene rings is 1. The van der Waals surface area contributed by atoms with Gasteiger partial charge in [0.1, 0.15) is 11.1 Å². The van der Waals surface area contributed by atoms with Crippen molar-refractivity contribution in [3.8, 4) is 17.5 Å². The highest BCUT2D eigenvalue weighted by molar-refractivity contribution is 7.15. The molecule has 0 radical (unpaired) electrons. The molecule has 1 aromatic carbocycles. The number of carbonyl (C=O) groups excluding carboxylic acids is 1. The molecule has 2 aromatic heterocycles. The molecule has 2 N–H and O–H groups in total. The van der Waals surface area contributed by atoms with Crippen LogP contribution < -0.4 is 10.6 Å². The fourth-order valence-electron chi connectivity index (χ4n) is 2.14. The first-order valence-corrected chi connectivity index (χ1v) is 8.83. The number of aryl methyl sites for hydroxylation is 1. The predicted molar refractivity (Wildman–Crippen MR) is 97.7 cm³/mol. The molecule has 3 aromatic rings. The van der Waals surface area contributed by atoms with Crippen molar-refractivity contribution in [3.05, 3.63) is 41.0 Å². The van der Waals surface area contributed by atoms with Gasteiger partial charge in [0, 0.05) is 18.5 Å². The highest BCUT2D eigenvalue weighted by atomic mass is 32.1. The third-order valence-electron chi connectivity index (χ3n) is 3.41. The summed E-state index contributed by atoms with van der Waals surface area (Å²) in [6.45, 7) is 2.27. The van der Waals surface area contributed by atoms with Crippen molar-refractivity contribution in [2.45, 2.75) is 19.8 Å². The normalized spacial score (nSPS) is 10.3. The number of nitriles is 1. The first kappa shape index (κ1) is 17.6. The van der Waals surface area contributed by atoms with E-state index in [2.05, 4.69) is 25.8 Å². The van der Waals surface area contributed by atoms with Gasteiger partial charge in [-0.15, -0.1) is 10.2 Å². The average Bonchev–Trinajstić information content (AvgIpc) is 3.29. The Hall–Kier alpha value is -3.25. The zero-order chi connectivity index (χ0) is 18.4. The number of nitrogens with one attached hydrogen (secondary N) is 2. The van der Waals surface area contributed by atoms with Crippen LogP contribution in [0.2, 0.25) is 0 Å². The Morgan fingerprint density at radius 3 is 2.81 bits per heavy atom. The summed E-state index contributed by atoms with van der Waals surface area (Å²) in [4.78, 5) is 16.1. The third-order valence-corrected chi connectivity index (χ3v) is 4.39. The first-order valence-electron chi connectivity index (χ1n) is 8.02. The lowest BCUT2D eigenvalue weighted by Crippen LogP contribution is -2.16. The molecule has 0 aliphatic carbocycles. The molecule has 26 heavy (non-hydrogen) atoms. The number of rotatable bonds is 7. The molecule has 3 rings (SSSR count). The Morgan fingerprint density at radius 1 is 1.31 bits per heavy atom. The summed E-state index contributed by atoms with van der Waals surface area (Å²) in [6.07, 6.45) is 0.967. The topological polar surface area (TPSA) is 117 Å². The van der Waals surface area contributed by atoms with Crippen molar-refractivity contribution < 1.29 is 9.21 Å². The number of oxazole rings is 1. The predicted octanol–water partition coefficient (Wildman–Crippen LogP) is 3.07. The number of anilines is 2. The van der Waals surface area contributed by atoms with Gasteiger partial charge in [-0.05, 0) is 18.6 Å². The second-order valence-corrected chi connectivity index (χ2v) is 6.32. The van der Waals surface area contributed by atoms with E-state index in [0.29, 0.717) is 17.6 Å². The molecular formula is C17H16N6O2S. The smallest absolute Gasteiger partial charge is 0.232 e. The lowest BCUT2D eigenvalue weighted by atomic mass is 10.2. The van der Waals surface area contributed by atoms with Crippen LogP contribution in [0.4, 0.5) is 11.0 Å². The first-order chi connectivity index (χ1) is 12.7. The summed E-state index contributed by atoms with van der Waals surface area (Å²) in [6, 6.07) is 11.3. The summed E-state index contributed by atoms with van der Waals surface area (Å²) >= 11 is 1.35. The Labute approximate surface area is 153 Å². The molecule has 0 aliphatic heterocycles. The summed E-state index contributed by atoms with van der Waals surface area (Å²) in [5, 5.41) is 24.0. The summed E-state index contributed by atoms with van der Waals surface area (Å²) in [7, 11) is 0. The molecular weight excluding hydrogens is 352 g/mol. The Morgan fingerprint density at radius 2 is 2.12 bits per heavy atom. The molecule has 9 heteroatoms. The van der Waals surface area contributed by atoms with Gasteiger partial charge < -0.3 is 15.1 Å². The van der Waals surface area contributed by atoms with Gasteiger partial charge in [0.15, 0.2) is 0 Å². The molecule has 0 saturated carbocycles. The highest BCUT2D eigenvalue weighted by Gasteiger charge is 2.14. The largest absolute Gasteiger partial charge is 0.419 e. The summed E-state index contributed by atoms with van der Waals surface area (Å²) in [5.74, 6) is 0.413. The van der Waals surface area contributed by atoms with Crippen LogP contribution in [-0.2, 0) is 11.2 Å². The molecule has 0 bridgehead atoms. The van der Waals surface area contributed by atoms with E-state index in [1.165, 1.54) is 11.3 Å². The number of amides is 1. The summed E-state index contributed by atoms with van der Waals surface area (Å²) < 4.78 is 5.61. The third kappa shape index (κ3) is 4.23. The number of nitrogens with zero attached hydrogens (tertiary/aromatic N) is 4. The van der Waals surface area contributed by atoms with Gasteiger partial charge in [-0.25, -0.2) is 0 Å². The average molecular weight is 368 g/mol. The second-order valence-electron chi connectivity index (χ2n) is 5.25. The molecule has 2 heterocycles. The maximum absolute atomic E-state index is 12.0. The van der Waals surface area contributed by atoms with Crippen molar-refractivity contribution >= 4 is 28.3 Å². The fraction of sp³-hybridized carbons (Fsp3) is 0.235. The molecule has 0 fully saturated rings. The fourth-order valence-corrected chi connectivity index (χ4v) is 2.83. The van der Waals surface area contributed by atoms with Crippen molar-refractivity contribution in [1.29, 1.82) is 5.26 Å². The monoisotopic (exact) mass is 368 g/mol. The Kier molecular flexibility index (Phi) is 5.56. The maximum atomic E-state index is 12.0. The molecule has 1 amide bonds. The van der Waals surface area contributed by atoms with Crippen LogP contribution in [0.5, 0.6) is 0 Å². The minimum absolute atomic E-state index is 0.154. The number of hydrogen-bond donors (Lipinski definition) is 2. The zero-order valence-corrected chi connectivity index (χ0v) is 14.8. The standard InChI is InChI=1S/C17H16N6O2S/c1-2-14-22-23-17(26-14)21-13(24)8-9-19-16-12(10-18)20-15(25-16)11-6-4-3-5-7-11/h3-7,19H,2,8-9H2,1H3,(H,21,23,24). The van der Waals surface area contributed by atoms with Crippen LogP contribution in [-0.4, -0.2) is 27.6 Å². The summed E-state index contributed by atoms with van der Waals surface area (Å²) in [5.41, 5.74) is 0.929. The number of carbonyl (C=O) groups is 1. The van der Waals surface area contributed by atoms with Crippen LogP contribution in [0.1, 0.15) is 24.0 Å². The van der Waals surface area contributed by atoms with Crippen LogP contribution in [0.15, 0.2) is 34.7 Å². The molecule has 0 saturated heterocycles.